The van der Waals surface area contributed by atoms with Crippen LogP contribution < -0.4 is 16.0 Å². The van der Waals surface area contributed by atoms with Gasteiger partial charge in [-0.05, 0) is 38.2 Å². The number of esters is 1. The Hall–Kier alpha value is -2.07. The largest absolute Gasteiger partial charge is 0.465 e. The number of nitrogens with one attached hydrogen (secondary N) is 3. The molecule has 1 saturated heterocycles. The summed E-state index contributed by atoms with van der Waals surface area (Å²) in [6.07, 6.45) is 3.82. The molecule has 0 spiro atoms. The Labute approximate surface area is 210 Å². The fourth-order valence-corrected chi connectivity index (χ4v) is 4.66. The summed E-state index contributed by atoms with van der Waals surface area (Å²) in [5.74, 6) is -0.318. The molecule has 1 fully saturated rings. The van der Waals surface area contributed by atoms with E-state index in [1.165, 1.54) is 12.1 Å². The zero-order chi connectivity index (χ0) is 25.8. The van der Waals surface area contributed by atoms with Crippen LogP contribution in [0.3, 0.4) is 0 Å². The van der Waals surface area contributed by atoms with E-state index in [0.29, 0.717) is 18.6 Å². The third-order valence-electron chi connectivity index (χ3n) is 7.06. The maximum atomic E-state index is 13.4. The monoisotopic (exact) mass is 491 g/mol. The van der Waals surface area contributed by atoms with E-state index in [1.807, 2.05) is 0 Å². The van der Waals surface area contributed by atoms with Crippen LogP contribution in [-0.2, 0) is 9.53 Å². The standard InChI is InChI=1S/C26H45N5O4/c1-6-20-16-28-22(8-3)18-30(23(9-4)17-29-21(7-2)15-27-20)25(26(32)35-10-5)19-11-13-24(14-12-19)31(33)34/h11-14,20-23,25,27-29H,6-10,15-18H2,1-5H3/t20-,21-,22-,23-,25?/m1/s1. The van der Waals surface area contributed by atoms with Crippen molar-refractivity contribution < 1.29 is 14.5 Å². The molecule has 1 aliphatic rings. The summed E-state index contributed by atoms with van der Waals surface area (Å²) in [7, 11) is 0. The topological polar surface area (TPSA) is 109 Å². The molecule has 1 aliphatic heterocycles. The van der Waals surface area contributed by atoms with E-state index in [9.17, 15) is 14.9 Å². The molecule has 0 aliphatic carbocycles. The normalized spacial score (nSPS) is 25.7. The van der Waals surface area contributed by atoms with Crippen molar-refractivity contribution in [3.05, 3.63) is 39.9 Å². The minimum Gasteiger partial charge on any atom is -0.465 e. The second kappa shape index (κ2) is 15.1. The van der Waals surface area contributed by atoms with Crippen molar-refractivity contribution in [2.45, 2.75) is 90.5 Å². The Kier molecular flexibility index (Phi) is 12.6. The quantitative estimate of drug-likeness (QED) is 0.274. The molecule has 3 N–H and O–H groups in total. The highest BCUT2D eigenvalue weighted by atomic mass is 16.6. The summed E-state index contributed by atoms with van der Waals surface area (Å²) in [5.41, 5.74) is 0.727. The first-order valence-corrected chi connectivity index (χ1v) is 13.2. The van der Waals surface area contributed by atoms with Crippen molar-refractivity contribution in [3.63, 3.8) is 0 Å². The molecule has 35 heavy (non-hydrogen) atoms. The van der Waals surface area contributed by atoms with Gasteiger partial charge in [-0.25, -0.2) is 4.79 Å². The molecule has 1 unspecified atom stereocenters. The van der Waals surface area contributed by atoms with Gasteiger partial charge in [0.05, 0.1) is 11.5 Å². The number of benzene rings is 1. The van der Waals surface area contributed by atoms with Gasteiger partial charge in [0.2, 0.25) is 0 Å². The van der Waals surface area contributed by atoms with Gasteiger partial charge in [0.25, 0.3) is 5.69 Å². The van der Waals surface area contributed by atoms with Gasteiger partial charge in [0, 0.05) is 62.5 Å². The van der Waals surface area contributed by atoms with Gasteiger partial charge in [-0.15, -0.1) is 0 Å². The molecule has 1 heterocycles. The average molecular weight is 492 g/mol. The van der Waals surface area contributed by atoms with Crippen LogP contribution >= 0.6 is 0 Å². The van der Waals surface area contributed by atoms with Crippen molar-refractivity contribution in [1.82, 2.24) is 20.9 Å². The van der Waals surface area contributed by atoms with Gasteiger partial charge < -0.3 is 20.7 Å². The highest BCUT2D eigenvalue weighted by Crippen LogP contribution is 2.28. The SMILES string of the molecule is CCOC(=O)C(c1ccc([N+](=O)[O-])cc1)N1C[C@@H](CC)NC[C@@H](CC)NC[C@@H](CC)NC[C@H]1CC. The highest BCUT2D eigenvalue weighted by molar-refractivity contribution is 5.78. The molecule has 0 radical (unpaired) electrons. The smallest absolute Gasteiger partial charge is 0.328 e. The van der Waals surface area contributed by atoms with E-state index >= 15 is 0 Å². The van der Waals surface area contributed by atoms with E-state index in [4.69, 9.17) is 4.74 Å². The third kappa shape index (κ3) is 8.52. The second-order valence-corrected chi connectivity index (χ2v) is 9.30. The van der Waals surface area contributed by atoms with Gasteiger partial charge in [-0.2, -0.15) is 0 Å². The third-order valence-corrected chi connectivity index (χ3v) is 7.06. The summed E-state index contributed by atoms with van der Waals surface area (Å²) in [4.78, 5) is 26.4. The molecule has 2 rings (SSSR count). The Balaban J connectivity index is 2.48. The predicted octanol–water partition coefficient (Wildman–Crippen LogP) is 3.40. The van der Waals surface area contributed by atoms with Crippen LogP contribution in [0.4, 0.5) is 5.69 Å². The summed E-state index contributed by atoms with van der Waals surface area (Å²) in [6.45, 7) is 13.9. The van der Waals surface area contributed by atoms with Crippen molar-refractivity contribution in [2.24, 2.45) is 0 Å². The second-order valence-electron chi connectivity index (χ2n) is 9.30. The molecule has 0 aromatic heterocycles. The molecule has 5 atom stereocenters. The first-order chi connectivity index (χ1) is 16.9. The molecule has 1 aromatic carbocycles. The minimum absolute atomic E-state index is 0.00996. The first kappa shape index (κ1) is 29.2. The number of hydrogen-bond donors (Lipinski definition) is 3. The number of carbonyl (C=O) groups is 1. The molecular weight excluding hydrogens is 446 g/mol. The lowest BCUT2D eigenvalue weighted by Crippen LogP contribution is -2.56. The molecular formula is C26H45N5O4. The van der Waals surface area contributed by atoms with E-state index in [0.717, 1.165) is 50.9 Å². The van der Waals surface area contributed by atoms with Gasteiger partial charge in [-0.1, -0.05) is 39.8 Å². The summed E-state index contributed by atoms with van der Waals surface area (Å²) in [6, 6.07) is 6.68. The molecule has 0 amide bonds. The molecule has 0 saturated carbocycles. The fraction of sp³-hybridized carbons (Fsp3) is 0.731. The van der Waals surface area contributed by atoms with Gasteiger partial charge in [0.15, 0.2) is 0 Å². The van der Waals surface area contributed by atoms with Crippen molar-refractivity contribution >= 4 is 11.7 Å². The van der Waals surface area contributed by atoms with E-state index in [1.54, 1.807) is 19.1 Å². The van der Waals surface area contributed by atoms with Crippen LogP contribution in [0, 0.1) is 10.1 Å². The maximum Gasteiger partial charge on any atom is 0.328 e. The van der Waals surface area contributed by atoms with Gasteiger partial charge in [0.1, 0.15) is 6.04 Å². The van der Waals surface area contributed by atoms with Crippen LogP contribution in [-0.4, -0.2) is 72.7 Å². The maximum absolute atomic E-state index is 13.4. The van der Waals surface area contributed by atoms with Crippen LogP contribution in [0.2, 0.25) is 0 Å². The first-order valence-electron chi connectivity index (χ1n) is 13.2. The zero-order valence-corrected chi connectivity index (χ0v) is 22.1. The number of rotatable bonds is 9. The van der Waals surface area contributed by atoms with E-state index in [2.05, 4.69) is 48.5 Å². The van der Waals surface area contributed by atoms with Crippen LogP contribution in [0.5, 0.6) is 0 Å². The highest BCUT2D eigenvalue weighted by Gasteiger charge is 2.35. The number of nitro groups is 1. The van der Waals surface area contributed by atoms with Crippen molar-refractivity contribution in [2.75, 3.05) is 32.8 Å². The molecule has 198 valence electrons. The number of carbonyl (C=O) groups excluding carboxylic acids is 1. The Bertz CT molecular complexity index is 776. The van der Waals surface area contributed by atoms with Gasteiger partial charge >= 0.3 is 5.97 Å². The Morgan fingerprint density at radius 1 is 0.943 bits per heavy atom. The lowest BCUT2D eigenvalue weighted by molar-refractivity contribution is -0.384. The van der Waals surface area contributed by atoms with Gasteiger partial charge in [-0.3, -0.25) is 15.0 Å². The van der Waals surface area contributed by atoms with E-state index in [-0.39, 0.29) is 30.3 Å². The Morgan fingerprint density at radius 2 is 1.49 bits per heavy atom. The fourth-order valence-electron chi connectivity index (χ4n) is 4.66. The summed E-state index contributed by atoms with van der Waals surface area (Å²) < 4.78 is 5.54. The summed E-state index contributed by atoms with van der Waals surface area (Å²) >= 11 is 0. The van der Waals surface area contributed by atoms with Crippen molar-refractivity contribution in [3.8, 4) is 0 Å². The molecule has 9 heteroatoms. The molecule has 9 nitrogen and oxygen atoms in total. The van der Waals surface area contributed by atoms with Crippen LogP contribution in [0.15, 0.2) is 24.3 Å². The predicted molar refractivity (Wildman–Crippen MR) is 140 cm³/mol. The molecule has 1 aromatic rings. The van der Waals surface area contributed by atoms with Crippen LogP contribution in [0.25, 0.3) is 0 Å². The summed E-state index contributed by atoms with van der Waals surface area (Å²) in [5, 5.41) is 22.4. The van der Waals surface area contributed by atoms with Crippen molar-refractivity contribution in [1.29, 1.82) is 0 Å². The molecule has 0 bridgehead atoms. The number of non-ortho nitro benzene ring substituents is 1. The Morgan fingerprint density at radius 3 is 1.97 bits per heavy atom. The minimum atomic E-state index is -0.638. The zero-order valence-electron chi connectivity index (χ0n) is 22.1. The van der Waals surface area contributed by atoms with Crippen LogP contribution in [0.1, 0.15) is 71.9 Å². The number of hydrogen-bond acceptors (Lipinski definition) is 8. The number of nitro benzene ring substituents is 1. The lowest BCUT2D eigenvalue weighted by Gasteiger charge is -2.40. The number of ether oxygens (including phenoxy) is 1. The lowest BCUT2D eigenvalue weighted by atomic mass is 9.99. The van der Waals surface area contributed by atoms with E-state index < -0.39 is 11.0 Å². The average Bonchev–Trinajstić information content (AvgIpc) is 2.86. The number of nitrogens with zero attached hydrogens (tertiary/aromatic N) is 2.